The van der Waals surface area contributed by atoms with Gasteiger partial charge in [0.15, 0.2) is 0 Å². The fourth-order valence-electron chi connectivity index (χ4n) is 2.47. The zero-order valence-electron chi connectivity index (χ0n) is 14.8. The highest BCUT2D eigenvalue weighted by molar-refractivity contribution is 5.91. The van der Waals surface area contributed by atoms with E-state index in [2.05, 4.69) is 4.98 Å². The molecule has 1 N–H and O–H groups in total. The summed E-state index contributed by atoms with van der Waals surface area (Å²) in [6.45, 7) is 1.67. The van der Waals surface area contributed by atoms with Gasteiger partial charge in [-0.2, -0.15) is 0 Å². The number of rotatable bonds is 6. The van der Waals surface area contributed by atoms with Crippen molar-refractivity contribution >= 4 is 5.97 Å². The molecule has 0 fully saturated rings. The third-order valence-corrected chi connectivity index (χ3v) is 3.85. The highest BCUT2D eigenvalue weighted by Crippen LogP contribution is 2.26. The van der Waals surface area contributed by atoms with Gasteiger partial charge in [-0.15, -0.1) is 0 Å². The predicted octanol–water partition coefficient (Wildman–Crippen LogP) is 4.46. The highest BCUT2D eigenvalue weighted by atomic mass is 16.5. The maximum absolute atomic E-state index is 12.4. The highest BCUT2D eigenvalue weighted by Gasteiger charge is 2.21. The predicted molar refractivity (Wildman–Crippen MR) is 102 cm³/mol. The number of aliphatic hydroxyl groups is 1. The number of benzene rings is 2. The van der Waals surface area contributed by atoms with Gasteiger partial charge in [-0.25, -0.2) is 4.79 Å². The lowest BCUT2D eigenvalue weighted by Gasteiger charge is -2.14. The first-order chi connectivity index (χ1) is 13.2. The third-order valence-electron chi connectivity index (χ3n) is 3.85. The van der Waals surface area contributed by atoms with Gasteiger partial charge in [0.1, 0.15) is 23.4 Å². The number of ether oxygens (including phenoxy) is 2. The molecule has 1 unspecified atom stereocenters. The molecule has 1 aromatic heterocycles. The second-order valence-electron chi connectivity index (χ2n) is 5.71. The van der Waals surface area contributed by atoms with Gasteiger partial charge in [0.25, 0.3) is 0 Å². The zero-order valence-corrected chi connectivity index (χ0v) is 14.8. The molecule has 2 aromatic carbocycles. The van der Waals surface area contributed by atoms with Gasteiger partial charge in [0.2, 0.25) is 0 Å². The van der Waals surface area contributed by atoms with Crippen LogP contribution >= 0.6 is 0 Å². The Labute approximate surface area is 157 Å². The molecule has 3 aromatic rings. The lowest BCUT2D eigenvalue weighted by Crippen LogP contribution is -2.17. The van der Waals surface area contributed by atoms with E-state index in [1.54, 1.807) is 49.5 Å². The lowest BCUT2D eigenvalue weighted by atomic mass is 10.0. The number of aliphatic hydroxyl groups excluding tert-OH is 1. The number of esters is 1. The molecule has 1 atom stereocenters. The first-order valence-electron chi connectivity index (χ1n) is 8.46. The van der Waals surface area contributed by atoms with Gasteiger partial charge >= 0.3 is 5.97 Å². The molecule has 0 amide bonds. The minimum Gasteiger partial charge on any atom is -0.457 e. The Bertz CT molecular complexity index is 906. The number of hydrogen-bond donors (Lipinski definition) is 1. The molecule has 1 heterocycles. The summed E-state index contributed by atoms with van der Waals surface area (Å²) in [5, 5.41) is 10.4. The third kappa shape index (κ3) is 4.80. The van der Waals surface area contributed by atoms with E-state index in [0.29, 0.717) is 17.1 Å². The van der Waals surface area contributed by atoms with Crippen LogP contribution in [0.5, 0.6) is 17.2 Å². The molecule has 0 aliphatic heterocycles. The van der Waals surface area contributed by atoms with Crippen LogP contribution in [0.3, 0.4) is 0 Å². The largest absolute Gasteiger partial charge is 0.457 e. The molecule has 0 aliphatic carbocycles. The Morgan fingerprint density at radius 2 is 1.63 bits per heavy atom. The molecule has 0 saturated carbocycles. The average Bonchev–Trinajstić information content (AvgIpc) is 2.71. The molecule has 0 radical (unpaired) electrons. The monoisotopic (exact) mass is 361 g/mol. The molecule has 3 rings (SSSR count). The fraction of sp³-hybridized carbons (Fsp3) is 0.0909. The SMILES string of the molecule is CC=C(C(=O)Oc1ccc(Oc2ccccc2)cc1)C(O)c1cccnc1. The van der Waals surface area contributed by atoms with Gasteiger partial charge in [-0.3, -0.25) is 4.98 Å². The Kier molecular flexibility index (Phi) is 5.97. The number of nitrogens with zero attached hydrogens (tertiary/aromatic N) is 1. The van der Waals surface area contributed by atoms with E-state index in [4.69, 9.17) is 9.47 Å². The van der Waals surface area contributed by atoms with E-state index < -0.39 is 12.1 Å². The minimum absolute atomic E-state index is 0.146. The molecule has 5 heteroatoms. The van der Waals surface area contributed by atoms with E-state index in [-0.39, 0.29) is 5.57 Å². The van der Waals surface area contributed by atoms with Gasteiger partial charge in [-0.1, -0.05) is 30.3 Å². The van der Waals surface area contributed by atoms with Crippen LogP contribution in [-0.4, -0.2) is 16.1 Å². The lowest BCUT2D eigenvalue weighted by molar-refractivity contribution is -0.131. The van der Waals surface area contributed by atoms with Crippen LogP contribution in [0.4, 0.5) is 0 Å². The van der Waals surface area contributed by atoms with Crippen LogP contribution in [0.1, 0.15) is 18.6 Å². The number of allylic oxidation sites excluding steroid dienone is 1. The maximum Gasteiger partial charge on any atom is 0.342 e. The van der Waals surface area contributed by atoms with Crippen LogP contribution in [-0.2, 0) is 4.79 Å². The van der Waals surface area contributed by atoms with Crippen LogP contribution in [0.2, 0.25) is 0 Å². The summed E-state index contributed by atoms with van der Waals surface area (Å²) in [4.78, 5) is 16.4. The summed E-state index contributed by atoms with van der Waals surface area (Å²) in [5.74, 6) is 1.09. The van der Waals surface area contributed by atoms with Gasteiger partial charge in [-0.05, 0) is 49.4 Å². The topological polar surface area (TPSA) is 68.7 Å². The number of carbonyl (C=O) groups excluding carboxylic acids is 1. The molecule has 0 saturated heterocycles. The number of aromatic nitrogens is 1. The maximum atomic E-state index is 12.4. The summed E-state index contributed by atoms with van der Waals surface area (Å²) in [6, 6.07) is 19.5. The molecular formula is C22H19NO4. The molecule has 0 bridgehead atoms. The van der Waals surface area contributed by atoms with Crippen LogP contribution in [0, 0.1) is 0 Å². The molecule has 27 heavy (non-hydrogen) atoms. The number of hydrogen-bond acceptors (Lipinski definition) is 5. The summed E-state index contributed by atoms with van der Waals surface area (Å²) < 4.78 is 11.1. The van der Waals surface area contributed by atoms with Crippen LogP contribution < -0.4 is 9.47 Å². The van der Waals surface area contributed by atoms with E-state index in [9.17, 15) is 9.90 Å². The molecule has 5 nitrogen and oxygen atoms in total. The van der Waals surface area contributed by atoms with Crippen molar-refractivity contribution in [3.05, 3.63) is 96.3 Å². The summed E-state index contributed by atoms with van der Waals surface area (Å²) in [7, 11) is 0. The fourth-order valence-corrected chi connectivity index (χ4v) is 2.47. The zero-order chi connectivity index (χ0) is 19.1. The second kappa shape index (κ2) is 8.78. The minimum atomic E-state index is -1.10. The number of carbonyl (C=O) groups is 1. The van der Waals surface area contributed by atoms with E-state index in [1.807, 2.05) is 30.3 Å². The van der Waals surface area contributed by atoms with Crippen molar-refractivity contribution in [1.29, 1.82) is 0 Å². The van der Waals surface area contributed by atoms with Crippen molar-refractivity contribution in [3.63, 3.8) is 0 Å². The summed E-state index contributed by atoms with van der Waals surface area (Å²) in [6.07, 6.45) is 3.55. The quantitative estimate of drug-likeness (QED) is 0.399. The Morgan fingerprint density at radius 3 is 2.26 bits per heavy atom. The van der Waals surface area contributed by atoms with Crippen molar-refractivity contribution in [3.8, 4) is 17.2 Å². The van der Waals surface area contributed by atoms with Gasteiger partial charge < -0.3 is 14.6 Å². The Balaban J connectivity index is 1.66. The van der Waals surface area contributed by atoms with Crippen LogP contribution in [0.15, 0.2) is 90.8 Å². The van der Waals surface area contributed by atoms with Crippen molar-refractivity contribution in [1.82, 2.24) is 4.98 Å². The first kappa shape index (κ1) is 18.4. The number of para-hydroxylation sites is 1. The summed E-state index contributed by atoms with van der Waals surface area (Å²) in [5.41, 5.74) is 0.668. The second-order valence-corrected chi connectivity index (χ2v) is 5.71. The summed E-state index contributed by atoms with van der Waals surface area (Å²) >= 11 is 0. The van der Waals surface area contributed by atoms with E-state index in [1.165, 1.54) is 12.3 Å². The van der Waals surface area contributed by atoms with Crippen molar-refractivity contribution < 1.29 is 19.4 Å². The molecule has 136 valence electrons. The average molecular weight is 361 g/mol. The molecule has 0 spiro atoms. The molecule has 0 aliphatic rings. The Morgan fingerprint density at radius 1 is 0.963 bits per heavy atom. The van der Waals surface area contributed by atoms with Crippen molar-refractivity contribution in [2.45, 2.75) is 13.0 Å². The smallest absolute Gasteiger partial charge is 0.342 e. The molecular weight excluding hydrogens is 342 g/mol. The van der Waals surface area contributed by atoms with Crippen LogP contribution in [0.25, 0.3) is 0 Å². The van der Waals surface area contributed by atoms with Crippen molar-refractivity contribution in [2.24, 2.45) is 0 Å². The van der Waals surface area contributed by atoms with Crippen molar-refractivity contribution in [2.75, 3.05) is 0 Å². The van der Waals surface area contributed by atoms with E-state index in [0.717, 1.165) is 5.75 Å². The van der Waals surface area contributed by atoms with E-state index >= 15 is 0 Å². The first-order valence-corrected chi connectivity index (χ1v) is 8.46. The number of pyridine rings is 1. The van der Waals surface area contributed by atoms with Gasteiger partial charge in [0.05, 0.1) is 5.57 Å². The van der Waals surface area contributed by atoms with Gasteiger partial charge in [0, 0.05) is 18.0 Å². The normalized spacial score (nSPS) is 12.3. The standard InChI is InChI=1S/C22H19NO4/c1-2-20(21(24)16-7-6-14-23-15-16)22(25)27-19-12-10-18(11-13-19)26-17-8-4-3-5-9-17/h2-15,21,24H,1H3. The Hall–Kier alpha value is -3.44.